The van der Waals surface area contributed by atoms with E-state index >= 15 is 0 Å². The maximum Gasteiger partial charge on any atom is 0.224 e. The largest absolute Gasteiger partial charge is 0.340 e. The number of rotatable bonds is 5. The van der Waals surface area contributed by atoms with Gasteiger partial charge >= 0.3 is 0 Å². The molecule has 0 bridgehead atoms. The van der Waals surface area contributed by atoms with Crippen molar-refractivity contribution in [2.75, 3.05) is 26.2 Å². The van der Waals surface area contributed by atoms with Crippen LogP contribution in [0.15, 0.2) is 24.5 Å². The van der Waals surface area contributed by atoms with Gasteiger partial charge in [0, 0.05) is 57.6 Å². The first kappa shape index (κ1) is 14.5. The molecule has 2 N–H and O–H groups in total. The van der Waals surface area contributed by atoms with Crippen LogP contribution >= 0.6 is 0 Å². The molecule has 1 aromatic heterocycles. The number of carbonyl (C=O) groups excluding carboxylic acids is 1. The van der Waals surface area contributed by atoms with Crippen molar-refractivity contribution in [2.24, 2.45) is 11.7 Å². The number of aromatic nitrogens is 1. The first-order valence-corrected chi connectivity index (χ1v) is 7.87. The summed E-state index contributed by atoms with van der Waals surface area (Å²) in [5.41, 5.74) is 7.28. The van der Waals surface area contributed by atoms with Gasteiger partial charge in [0.15, 0.2) is 0 Å². The van der Waals surface area contributed by atoms with Crippen molar-refractivity contribution >= 4 is 5.91 Å². The molecule has 114 valence electrons. The van der Waals surface area contributed by atoms with Crippen LogP contribution in [0, 0.1) is 5.92 Å². The number of carbonyl (C=O) groups is 1. The topological polar surface area (TPSA) is 62.5 Å². The normalized spacial score (nSPS) is 21.3. The van der Waals surface area contributed by atoms with E-state index in [2.05, 4.69) is 16.0 Å². The molecule has 2 aliphatic rings. The summed E-state index contributed by atoms with van der Waals surface area (Å²) in [5.74, 6) is 0.830. The van der Waals surface area contributed by atoms with Gasteiger partial charge in [-0.1, -0.05) is 6.07 Å². The zero-order valence-electron chi connectivity index (χ0n) is 12.4. The standard InChI is InChI=1S/C16H24N4O/c17-15(14-3-4-14)10-16(21)20-8-6-19(7-9-20)12-13-2-1-5-18-11-13/h1-2,5,11,14-15H,3-4,6-10,12,17H2. The van der Waals surface area contributed by atoms with Crippen molar-refractivity contribution in [3.05, 3.63) is 30.1 Å². The van der Waals surface area contributed by atoms with Gasteiger partial charge in [0.05, 0.1) is 0 Å². The van der Waals surface area contributed by atoms with Gasteiger partial charge in [-0.15, -0.1) is 0 Å². The minimum atomic E-state index is 0.0749. The molecule has 0 radical (unpaired) electrons. The molecule has 21 heavy (non-hydrogen) atoms. The molecule has 2 heterocycles. The summed E-state index contributed by atoms with van der Waals surface area (Å²) in [6.07, 6.45) is 6.63. The first-order valence-electron chi connectivity index (χ1n) is 7.87. The molecular weight excluding hydrogens is 264 g/mol. The van der Waals surface area contributed by atoms with Gasteiger partial charge in [-0.25, -0.2) is 0 Å². The van der Waals surface area contributed by atoms with Crippen LogP contribution in [-0.2, 0) is 11.3 Å². The zero-order chi connectivity index (χ0) is 14.7. The Bertz CT molecular complexity index is 466. The fraction of sp³-hybridized carbons (Fsp3) is 0.625. The Morgan fingerprint density at radius 2 is 2.10 bits per heavy atom. The average Bonchev–Trinajstić information content (AvgIpc) is 3.33. The molecule has 1 atom stereocenters. The minimum Gasteiger partial charge on any atom is -0.340 e. The Morgan fingerprint density at radius 1 is 1.33 bits per heavy atom. The summed E-state index contributed by atoms with van der Waals surface area (Å²) in [7, 11) is 0. The Hall–Kier alpha value is -1.46. The van der Waals surface area contributed by atoms with E-state index in [9.17, 15) is 4.79 Å². The monoisotopic (exact) mass is 288 g/mol. The lowest BCUT2D eigenvalue weighted by atomic mass is 10.1. The third-order valence-electron chi connectivity index (χ3n) is 4.49. The molecule has 2 fully saturated rings. The lowest BCUT2D eigenvalue weighted by Crippen LogP contribution is -2.49. The Kier molecular flexibility index (Phi) is 4.51. The Morgan fingerprint density at radius 3 is 2.71 bits per heavy atom. The second kappa shape index (κ2) is 6.54. The quantitative estimate of drug-likeness (QED) is 0.872. The maximum atomic E-state index is 12.2. The number of hydrogen-bond acceptors (Lipinski definition) is 4. The molecule has 0 aromatic carbocycles. The summed E-state index contributed by atoms with van der Waals surface area (Å²) >= 11 is 0. The van der Waals surface area contributed by atoms with Crippen LogP contribution in [0.25, 0.3) is 0 Å². The lowest BCUT2D eigenvalue weighted by molar-refractivity contribution is -0.133. The highest BCUT2D eigenvalue weighted by Crippen LogP contribution is 2.33. The smallest absolute Gasteiger partial charge is 0.224 e. The van der Waals surface area contributed by atoms with E-state index in [0.717, 1.165) is 32.7 Å². The fourth-order valence-corrected chi connectivity index (χ4v) is 2.93. The second-order valence-electron chi connectivity index (χ2n) is 6.22. The van der Waals surface area contributed by atoms with Crippen LogP contribution in [0.2, 0.25) is 0 Å². The number of pyridine rings is 1. The first-order chi connectivity index (χ1) is 10.2. The van der Waals surface area contributed by atoms with Gasteiger partial charge in [0.1, 0.15) is 0 Å². The van der Waals surface area contributed by atoms with Gasteiger partial charge in [0.2, 0.25) is 5.91 Å². The fourth-order valence-electron chi connectivity index (χ4n) is 2.93. The van der Waals surface area contributed by atoms with Gasteiger partial charge in [-0.3, -0.25) is 14.7 Å². The van der Waals surface area contributed by atoms with Crippen molar-refractivity contribution < 1.29 is 4.79 Å². The Labute approximate surface area is 126 Å². The zero-order valence-corrected chi connectivity index (χ0v) is 12.4. The molecule has 0 spiro atoms. The molecule has 1 aliphatic heterocycles. The van der Waals surface area contributed by atoms with Crippen molar-refractivity contribution in [2.45, 2.75) is 31.8 Å². The van der Waals surface area contributed by atoms with E-state index in [1.54, 1.807) is 6.20 Å². The Balaban J connectivity index is 1.43. The molecule has 3 rings (SSSR count). The SMILES string of the molecule is NC(CC(=O)N1CCN(Cc2cccnc2)CC1)C1CC1. The third kappa shape index (κ3) is 4.02. The van der Waals surface area contributed by atoms with Crippen LogP contribution in [0.3, 0.4) is 0 Å². The summed E-state index contributed by atoms with van der Waals surface area (Å²) in [6, 6.07) is 4.14. The van der Waals surface area contributed by atoms with Crippen LogP contribution in [-0.4, -0.2) is 52.9 Å². The molecule has 1 unspecified atom stereocenters. The maximum absolute atomic E-state index is 12.2. The number of nitrogens with zero attached hydrogens (tertiary/aromatic N) is 3. The molecule has 1 saturated heterocycles. The van der Waals surface area contributed by atoms with Crippen molar-refractivity contribution in [1.82, 2.24) is 14.8 Å². The molecular formula is C16H24N4O. The molecule has 1 saturated carbocycles. The van der Waals surface area contributed by atoms with Crippen molar-refractivity contribution in [1.29, 1.82) is 0 Å². The molecule has 5 nitrogen and oxygen atoms in total. The molecule has 1 amide bonds. The third-order valence-corrected chi connectivity index (χ3v) is 4.49. The van der Waals surface area contributed by atoms with Crippen LogP contribution in [0.1, 0.15) is 24.8 Å². The van der Waals surface area contributed by atoms with Gasteiger partial charge in [-0.05, 0) is 30.4 Å². The van der Waals surface area contributed by atoms with E-state index in [0.29, 0.717) is 12.3 Å². The van der Waals surface area contributed by atoms with Crippen molar-refractivity contribution in [3.63, 3.8) is 0 Å². The average molecular weight is 288 g/mol. The summed E-state index contributed by atoms with van der Waals surface area (Å²) in [6.45, 7) is 4.41. The van der Waals surface area contributed by atoms with Crippen molar-refractivity contribution in [3.8, 4) is 0 Å². The highest BCUT2D eigenvalue weighted by molar-refractivity contribution is 5.77. The van der Waals surface area contributed by atoms with Gasteiger partial charge in [-0.2, -0.15) is 0 Å². The summed E-state index contributed by atoms with van der Waals surface area (Å²) in [4.78, 5) is 20.7. The van der Waals surface area contributed by atoms with E-state index < -0.39 is 0 Å². The number of nitrogens with two attached hydrogens (primary N) is 1. The molecule has 1 aliphatic carbocycles. The second-order valence-corrected chi connectivity index (χ2v) is 6.22. The lowest BCUT2D eigenvalue weighted by Gasteiger charge is -2.35. The van der Waals surface area contributed by atoms with E-state index in [-0.39, 0.29) is 11.9 Å². The van der Waals surface area contributed by atoms with Crippen LogP contribution < -0.4 is 5.73 Å². The van der Waals surface area contributed by atoms with E-state index in [4.69, 9.17) is 5.73 Å². The molecule has 5 heteroatoms. The number of hydrogen-bond donors (Lipinski definition) is 1. The number of amides is 1. The summed E-state index contributed by atoms with van der Waals surface area (Å²) < 4.78 is 0. The molecule has 1 aromatic rings. The predicted molar refractivity (Wildman–Crippen MR) is 81.4 cm³/mol. The van der Waals surface area contributed by atoms with E-state index in [1.807, 2.05) is 17.2 Å². The van der Waals surface area contributed by atoms with Crippen LogP contribution in [0.5, 0.6) is 0 Å². The van der Waals surface area contributed by atoms with E-state index in [1.165, 1.54) is 18.4 Å². The number of piperazine rings is 1. The van der Waals surface area contributed by atoms with Crippen LogP contribution in [0.4, 0.5) is 0 Å². The minimum absolute atomic E-state index is 0.0749. The summed E-state index contributed by atoms with van der Waals surface area (Å²) in [5, 5.41) is 0. The van der Waals surface area contributed by atoms with Gasteiger partial charge in [0.25, 0.3) is 0 Å². The van der Waals surface area contributed by atoms with Gasteiger partial charge < -0.3 is 10.6 Å². The predicted octanol–water partition coefficient (Wildman–Crippen LogP) is 0.853. The highest BCUT2D eigenvalue weighted by atomic mass is 16.2. The highest BCUT2D eigenvalue weighted by Gasteiger charge is 2.31.